The first-order valence-corrected chi connectivity index (χ1v) is 6.80. The molecule has 0 saturated heterocycles. The fourth-order valence-electron chi connectivity index (χ4n) is 2.78. The molecule has 1 amide bonds. The Labute approximate surface area is 113 Å². The number of nitrogens with two attached hydrogens (primary N) is 2. The Kier molecular flexibility index (Phi) is 3.93. The highest BCUT2D eigenvalue weighted by Crippen LogP contribution is 2.31. The van der Waals surface area contributed by atoms with E-state index in [1.807, 2.05) is 0 Å². The topological polar surface area (TPSA) is 94.0 Å². The number of primary amides is 1. The molecule has 1 aromatic heterocycles. The molecule has 5 nitrogen and oxygen atoms in total. The minimum Gasteiger partial charge on any atom is -0.396 e. The van der Waals surface area contributed by atoms with Crippen molar-refractivity contribution in [1.82, 2.24) is 4.98 Å². The summed E-state index contributed by atoms with van der Waals surface area (Å²) in [6.07, 6.45) is 3.51. The number of aromatic nitrogens is 1. The number of nitrogens with zero attached hydrogens (tertiary/aromatic N) is 1. The number of carbonyl (C=O) groups is 1. The van der Waals surface area contributed by atoms with Crippen molar-refractivity contribution in [2.24, 2.45) is 17.6 Å². The largest absolute Gasteiger partial charge is 0.396 e. The van der Waals surface area contributed by atoms with Gasteiger partial charge in [0, 0.05) is 6.04 Å². The van der Waals surface area contributed by atoms with Gasteiger partial charge in [-0.05, 0) is 43.2 Å². The maximum absolute atomic E-state index is 11.2. The Morgan fingerprint density at radius 2 is 2.11 bits per heavy atom. The molecule has 3 unspecified atom stereocenters. The van der Waals surface area contributed by atoms with E-state index in [0.29, 0.717) is 23.5 Å². The summed E-state index contributed by atoms with van der Waals surface area (Å²) >= 11 is 0. The predicted octanol–water partition coefficient (Wildman–Crippen LogP) is 2.00. The lowest BCUT2D eigenvalue weighted by Gasteiger charge is -2.33. The number of anilines is 2. The van der Waals surface area contributed by atoms with E-state index in [2.05, 4.69) is 24.1 Å². The summed E-state index contributed by atoms with van der Waals surface area (Å²) in [6, 6.07) is 3.58. The van der Waals surface area contributed by atoms with E-state index in [1.165, 1.54) is 12.8 Å². The Morgan fingerprint density at radius 1 is 1.37 bits per heavy atom. The summed E-state index contributed by atoms with van der Waals surface area (Å²) in [4.78, 5) is 15.4. The van der Waals surface area contributed by atoms with Crippen molar-refractivity contribution in [2.45, 2.75) is 39.2 Å². The molecular weight excluding hydrogens is 240 g/mol. The summed E-state index contributed by atoms with van der Waals surface area (Å²) < 4.78 is 0. The molecule has 0 bridgehead atoms. The monoisotopic (exact) mass is 262 g/mol. The highest BCUT2D eigenvalue weighted by atomic mass is 16.1. The molecule has 19 heavy (non-hydrogen) atoms. The minimum atomic E-state index is -0.534. The summed E-state index contributed by atoms with van der Waals surface area (Å²) in [5.41, 5.74) is 11.9. The molecule has 1 aromatic rings. The van der Waals surface area contributed by atoms with Gasteiger partial charge in [-0.1, -0.05) is 13.8 Å². The quantitative estimate of drug-likeness (QED) is 0.776. The second kappa shape index (κ2) is 5.47. The van der Waals surface area contributed by atoms with Crippen LogP contribution in [0.1, 0.15) is 43.6 Å². The molecule has 0 spiro atoms. The smallest absolute Gasteiger partial charge is 0.267 e. The van der Waals surface area contributed by atoms with Crippen LogP contribution in [-0.4, -0.2) is 16.9 Å². The van der Waals surface area contributed by atoms with E-state index < -0.39 is 5.91 Å². The molecule has 3 atom stereocenters. The lowest BCUT2D eigenvalue weighted by Crippen LogP contribution is -2.33. The molecule has 1 heterocycles. The third-order valence-corrected chi connectivity index (χ3v) is 3.93. The molecule has 0 aromatic carbocycles. The van der Waals surface area contributed by atoms with Gasteiger partial charge < -0.3 is 16.8 Å². The first-order chi connectivity index (χ1) is 8.97. The second-order valence-electron chi connectivity index (χ2n) is 5.64. The molecule has 5 N–H and O–H groups in total. The normalized spacial score (nSPS) is 26.9. The summed E-state index contributed by atoms with van der Waals surface area (Å²) in [6.45, 7) is 4.52. The van der Waals surface area contributed by atoms with Crippen LogP contribution in [-0.2, 0) is 0 Å². The molecule has 1 aliphatic rings. The van der Waals surface area contributed by atoms with Crippen molar-refractivity contribution < 1.29 is 4.79 Å². The van der Waals surface area contributed by atoms with Crippen LogP contribution in [0.4, 0.5) is 11.5 Å². The molecule has 0 radical (unpaired) electrons. The van der Waals surface area contributed by atoms with Gasteiger partial charge in [-0.2, -0.15) is 0 Å². The van der Waals surface area contributed by atoms with Gasteiger partial charge in [-0.3, -0.25) is 4.79 Å². The van der Waals surface area contributed by atoms with Gasteiger partial charge in [0.1, 0.15) is 11.5 Å². The predicted molar refractivity (Wildman–Crippen MR) is 76.8 cm³/mol. The van der Waals surface area contributed by atoms with E-state index in [1.54, 1.807) is 12.1 Å². The third kappa shape index (κ3) is 3.16. The van der Waals surface area contributed by atoms with Gasteiger partial charge in [0.15, 0.2) is 0 Å². The van der Waals surface area contributed by atoms with Crippen molar-refractivity contribution >= 4 is 17.4 Å². The lowest BCUT2D eigenvalue weighted by atomic mass is 9.80. The van der Waals surface area contributed by atoms with E-state index in [-0.39, 0.29) is 5.69 Å². The van der Waals surface area contributed by atoms with Crippen LogP contribution in [0.5, 0.6) is 0 Å². The van der Waals surface area contributed by atoms with Gasteiger partial charge in [0.05, 0.1) is 5.69 Å². The molecular formula is C14H22N4O. The van der Waals surface area contributed by atoms with Crippen LogP contribution in [0.2, 0.25) is 0 Å². The van der Waals surface area contributed by atoms with Crippen molar-refractivity contribution in [3.05, 3.63) is 17.8 Å². The summed E-state index contributed by atoms with van der Waals surface area (Å²) in [7, 11) is 0. The molecule has 1 fully saturated rings. The van der Waals surface area contributed by atoms with Gasteiger partial charge in [-0.15, -0.1) is 0 Å². The number of hydrogen-bond acceptors (Lipinski definition) is 4. The molecule has 1 saturated carbocycles. The van der Waals surface area contributed by atoms with Gasteiger partial charge >= 0.3 is 0 Å². The molecule has 2 rings (SSSR count). The molecule has 1 aliphatic carbocycles. The van der Waals surface area contributed by atoms with Crippen LogP contribution in [0.15, 0.2) is 12.1 Å². The average molecular weight is 262 g/mol. The van der Waals surface area contributed by atoms with Crippen LogP contribution in [0, 0.1) is 11.8 Å². The van der Waals surface area contributed by atoms with Crippen LogP contribution in [0.3, 0.4) is 0 Å². The number of pyridine rings is 1. The van der Waals surface area contributed by atoms with E-state index in [0.717, 1.165) is 12.3 Å². The Balaban J connectivity index is 2.14. The number of amides is 1. The standard InChI is InChI=1S/C14H22N4O/c1-8-3-5-11(9(2)7-8)17-14-10(15)4-6-12(18-14)13(16)19/h4,6,8-9,11H,3,5,7,15H2,1-2H3,(H2,16,19)(H,17,18). The lowest BCUT2D eigenvalue weighted by molar-refractivity contribution is 0.0995. The highest BCUT2D eigenvalue weighted by molar-refractivity contribution is 5.91. The zero-order valence-electron chi connectivity index (χ0n) is 11.5. The van der Waals surface area contributed by atoms with Crippen molar-refractivity contribution in [2.75, 3.05) is 11.1 Å². The highest BCUT2D eigenvalue weighted by Gasteiger charge is 2.26. The van der Waals surface area contributed by atoms with Gasteiger partial charge in [0.2, 0.25) is 0 Å². The maximum Gasteiger partial charge on any atom is 0.267 e. The zero-order valence-corrected chi connectivity index (χ0v) is 11.5. The minimum absolute atomic E-state index is 0.244. The molecule has 5 heteroatoms. The number of nitrogen functional groups attached to an aromatic ring is 1. The maximum atomic E-state index is 11.2. The Hall–Kier alpha value is -1.78. The van der Waals surface area contributed by atoms with E-state index >= 15 is 0 Å². The molecule has 0 aliphatic heterocycles. The van der Waals surface area contributed by atoms with Crippen molar-refractivity contribution in [3.8, 4) is 0 Å². The number of rotatable bonds is 3. The van der Waals surface area contributed by atoms with E-state index in [9.17, 15) is 4.79 Å². The average Bonchev–Trinajstić information content (AvgIpc) is 2.34. The fourth-order valence-corrected chi connectivity index (χ4v) is 2.78. The second-order valence-corrected chi connectivity index (χ2v) is 5.64. The van der Waals surface area contributed by atoms with Crippen LogP contribution >= 0.6 is 0 Å². The summed E-state index contributed by atoms with van der Waals surface area (Å²) in [5, 5.41) is 3.37. The Bertz CT molecular complexity index is 475. The van der Waals surface area contributed by atoms with Gasteiger partial charge in [0.25, 0.3) is 5.91 Å². The Morgan fingerprint density at radius 3 is 2.74 bits per heavy atom. The first kappa shape index (κ1) is 13.6. The van der Waals surface area contributed by atoms with Gasteiger partial charge in [-0.25, -0.2) is 4.98 Å². The molecule has 104 valence electrons. The number of hydrogen-bond donors (Lipinski definition) is 3. The third-order valence-electron chi connectivity index (χ3n) is 3.93. The SMILES string of the molecule is CC1CCC(Nc2nc(C(N)=O)ccc2N)C(C)C1. The van der Waals surface area contributed by atoms with Crippen molar-refractivity contribution in [1.29, 1.82) is 0 Å². The zero-order chi connectivity index (χ0) is 14.0. The number of carbonyl (C=O) groups excluding carboxylic acids is 1. The van der Waals surface area contributed by atoms with Crippen LogP contribution < -0.4 is 16.8 Å². The van der Waals surface area contributed by atoms with E-state index in [4.69, 9.17) is 11.5 Å². The first-order valence-electron chi connectivity index (χ1n) is 6.80. The summed E-state index contributed by atoms with van der Waals surface area (Å²) in [5.74, 6) is 1.38. The number of nitrogens with one attached hydrogen (secondary N) is 1. The van der Waals surface area contributed by atoms with Crippen LogP contribution in [0.25, 0.3) is 0 Å². The van der Waals surface area contributed by atoms with Crippen molar-refractivity contribution in [3.63, 3.8) is 0 Å². The fraction of sp³-hybridized carbons (Fsp3) is 0.571.